The topological polar surface area (TPSA) is 68.0 Å². The lowest BCUT2D eigenvalue weighted by atomic mass is 10.1. The van der Waals surface area contributed by atoms with E-state index in [1.54, 1.807) is 24.5 Å². The van der Waals surface area contributed by atoms with Gasteiger partial charge in [0.2, 0.25) is 0 Å². The number of pyridine rings is 1. The molecule has 1 aromatic heterocycles. The molecule has 0 unspecified atom stereocenters. The number of rotatable bonds is 3. The molecule has 2 rings (SSSR count). The van der Waals surface area contributed by atoms with Crippen molar-refractivity contribution in [3.8, 4) is 0 Å². The van der Waals surface area contributed by atoms with Crippen molar-refractivity contribution >= 4 is 11.6 Å². The fraction of sp³-hybridized carbons (Fsp3) is 0.143. The average Bonchev–Trinajstić information content (AvgIpc) is 2.42. The first kappa shape index (κ1) is 13.0. The maximum absolute atomic E-state index is 13.1. The second-order valence-corrected chi connectivity index (χ2v) is 4.21. The average molecular weight is 259 g/mol. The quantitative estimate of drug-likeness (QED) is 0.831. The van der Waals surface area contributed by atoms with E-state index in [0.717, 1.165) is 11.6 Å². The Morgan fingerprint density at radius 1 is 1.32 bits per heavy atom. The largest absolute Gasteiger partial charge is 0.398 e. The number of anilines is 1. The molecule has 1 amide bonds. The summed E-state index contributed by atoms with van der Waals surface area (Å²) in [7, 11) is 0. The van der Waals surface area contributed by atoms with E-state index in [9.17, 15) is 9.18 Å². The normalized spacial score (nSPS) is 11.9. The molecular weight excluding hydrogens is 245 g/mol. The van der Waals surface area contributed by atoms with Gasteiger partial charge in [0.1, 0.15) is 5.82 Å². The lowest BCUT2D eigenvalue weighted by Gasteiger charge is -2.15. The summed E-state index contributed by atoms with van der Waals surface area (Å²) in [4.78, 5) is 15.9. The van der Waals surface area contributed by atoms with Crippen LogP contribution >= 0.6 is 0 Å². The predicted molar refractivity (Wildman–Crippen MR) is 70.9 cm³/mol. The van der Waals surface area contributed by atoms with Crippen molar-refractivity contribution in [3.63, 3.8) is 0 Å². The summed E-state index contributed by atoms with van der Waals surface area (Å²) in [5, 5.41) is 2.77. The van der Waals surface area contributed by atoms with E-state index in [1.165, 1.54) is 12.1 Å². The van der Waals surface area contributed by atoms with Gasteiger partial charge in [-0.2, -0.15) is 0 Å². The third-order valence-corrected chi connectivity index (χ3v) is 2.81. The van der Waals surface area contributed by atoms with E-state index in [0.29, 0.717) is 0 Å². The maximum atomic E-state index is 13.1. The van der Waals surface area contributed by atoms with Gasteiger partial charge in [0.25, 0.3) is 5.91 Å². The predicted octanol–water partition coefficient (Wildman–Crippen LogP) is 2.29. The summed E-state index contributed by atoms with van der Waals surface area (Å²) in [5.41, 5.74) is 6.97. The van der Waals surface area contributed by atoms with Crippen LogP contribution in [0.15, 0.2) is 42.7 Å². The fourth-order valence-corrected chi connectivity index (χ4v) is 1.73. The molecule has 0 aliphatic heterocycles. The number of nitrogens with one attached hydrogen (secondary N) is 1. The molecule has 98 valence electrons. The summed E-state index contributed by atoms with van der Waals surface area (Å²) >= 11 is 0. The summed E-state index contributed by atoms with van der Waals surface area (Å²) in [6.45, 7) is 1.84. The zero-order valence-corrected chi connectivity index (χ0v) is 10.4. The van der Waals surface area contributed by atoms with E-state index in [1.807, 2.05) is 6.92 Å². The zero-order valence-electron chi connectivity index (χ0n) is 10.4. The van der Waals surface area contributed by atoms with Crippen LogP contribution in [0.5, 0.6) is 0 Å². The lowest BCUT2D eigenvalue weighted by Crippen LogP contribution is -2.27. The monoisotopic (exact) mass is 259 g/mol. The first-order chi connectivity index (χ1) is 9.08. The lowest BCUT2D eigenvalue weighted by molar-refractivity contribution is 0.0940. The molecule has 0 bridgehead atoms. The van der Waals surface area contributed by atoms with Crippen LogP contribution in [0.4, 0.5) is 10.1 Å². The standard InChI is InChI=1S/C14H14FN3O/c1-9(10-4-6-17-7-5-10)18-14(19)12-8-11(15)2-3-13(12)16/h2-9H,16H2,1H3,(H,18,19)/t9-/m0/s1. The van der Waals surface area contributed by atoms with E-state index >= 15 is 0 Å². The smallest absolute Gasteiger partial charge is 0.253 e. The number of amides is 1. The van der Waals surface area contributed by atoms with Gasteiger partial charge in [0.05, 0.1) is 11.6 Å². The van der Waals surface area contributed by atoms with E-state index in [4.69, 9.17) is 5.73 Å². The number of halogens is 1. The SMILES string of the molecule is C[C@H](NC(=O)c1cc(F)ccc1N)c1ccncc1. The Morgan fingerprint density at radius 2 is 2.00 bits per heavy atom. The van der Waals surface area contributed by atoms with Crippen LogP contribution in [-0.4, -0.2) is 10.9 Å². The molecule has 1 aromatic carbocycles. The summed E-state index contributed by atoms with van der Waals surface area (Å²) in [5.74, 6) is -0.891. The molecular formula is C14H14FN3O. The Balaban J connectivity index is 2.15. The molecule has 1 atom stereocenters. The Bertz CT molecular complexity index is 586. The number of nitrogens with zero attached hydrogens (tertiary/aromatic N) is 1. The van der Waals surface area contributed by atoms with Crippen molar-refractivity contribution in [3.05, 3.63) is 59.7 Å². The van der Waals surface area contributed by atoms with Gasteiger partial charge in [0.15, 0.2) is 0 Å². The molecule has 19 heavy (non-hydrogen) atoms. The highest BCUT2D eigenvalue weighted by molar-refractivity contribution is 5.99. The van der Waals surface area contributed by atoms with Gasteiger partial charge < -0.3 is 11.1 Å². The third-order valence-electron chi connectivity index (χ3n) is 2.81. The van der Waals surface area contributed by atoms with Gasteiger partial charge in [0, 0.05) is 18.1 Å². The molecule has 0 aliphatic rings. The molecule has 4 nitrogen and oxygen atoms in total. The van der Waals surface area contributed by atoms with Crippen LogP contribution in [0.1, 0.15) is 28.9 Å². The van der Waals surface area contributed by atoms with Crippen molar-refractivity contribution < 1.29 is 9.18 Å². The molecule has 0 saturated carbocycles. The maximum Gasteiger partial charge on any atom is 0.253 e. The third kappa shape index (κ3) is 3.07. The first-order valence-corrected chi connectivity index (χ1v) is 5.83. The minimum atomic E-state index is -0.490. The number of carbonyl (C=O) groups is 1. The van der Waals surface area contributed by atoms with Gasteiger partial charge in [-0.05, 0) is 42.8 Å². The highest BCUT2D eigenvalue weighted by Crippen LogP contribution is 2.16. The number of nitrogen functional groups attached to an aromatic ring is 1. The number of carbonyl (C=O) groups excluding carboxylic acids is 1. The molecule has 1 heterocycles. The van der Waals surface area contributed by atoms with Crippen molar-refractivity contribution in [2.45, 2.75) is 13.0 Å². The van der Waals surface area contributed by atoms with E-state index < -0.39 is 11.7 Å². The molecule has 0 saturated heterocycles. The van der Waals surface area contributed by atoms with Crippen molar-refractivity contribution in [2.24, 2.45) is 0 Å². The first-order valence-electron chi connectivity index (χ1n) is 5.83. The summed E-state index contributed by atoms with van der Waals surface area (Å²) < 4.78 is 13.1. The molecule has 0 aliphatic carbocycles. The molecule has 2 aromatic rings. The van der Waals surface area contributed by atoms with Crippen molar-refractivity contribution in [2.75, 3.05) is 5.73 Å². The Labute approximate surface area is 110 Å². The highest BCUT2D eigenvalue weighted by atomic mass is 19.1. The van der Waals surface area contributed by atoms with Crippen molar-refractivity contribution in [1.82, 2.24) is 10.3 Å². The molecule has 3 N–H and O–H groups in total. The van der Waals surface area contributed by atoms with Gasteiger partial charge in [-0.3, -0.25) is 9.78 Å². The van der Waals surface area contributed by atoms with Gasteiger partial charge in [-0.1, -0.05) is 0 Å². The molecule has 0 radical (unpaired) electrons. The number of aromatic nitrogens is 1. The molecule has 5 heteroatoms. The Morgan fingerprint density at radius 3 is 2.68 bits per heavy atom. The second-order valence-electron chi connectivity index (χ2n) is 4.21. The van der Waals surface area contributed by atoms with Gasteiger partial charge in [-0.15, -0.1) is 0 Å². The van der Waals surface area contributed by atoms with Gasteiger partial charge >= 0.3 is 0 Å². The molecule has 0 spiro atoms. The highest BCUT2D eigenvalue weighted by Gasteiger charge is 2.14. The number of nitrogens with two attached hydrogens (primary N) is 1. The van der Waals surface area contributed by atoms with E-state index in [-0.39, 0.29) is 17.3 Å². The van der Waals surface area contributed by atoms with Crippen LogP contribution in [0, 0.1) is 5.82 Å². The summed E-state index contributed by atoms with van der Waals surface area (Å²) in [6, 6.07) is 7.13. The van der Waals surface area contributed by atoms with Crippen LogP contribution in [0.25, 0.3) is 0 Å². The van der Waals surface area contributed by atoms with Crippen molar-refractivity contribution in [1.29, 1.82) is 0 Å². The van der Waals surface area contributed by atoms with Crippen LogP contribution < -0.4 is 11.1 Å². The minimum absolute atomic E-state index is 0.140. The van der Waals surface area contributed by atoms with Gasteiger partial charge in [-0.25, -0.2) is 4.39 Å². The number of benzene rings is 1. The number of hydrogen-bond donors (Lipinski definition) is 2. The Hall–Kier alpha value is -2.43. The van der Waals surface area contributed by atoms with Crippen LogP contribution in [-0.2, 0) is 0 Å². The Kier molecular flexibility index (Phi) is 3.75. The molecule has 0 fully saturated rings. The second kappa shape index (κ2) is 5.48. The minimum Gasteiger partial charge on any atom is -0.398 e. The zero-order chi connectivity index (χ0) is 13.8. The van der Waals surface area contributed by atoms with E-state index in [2.05, 4.69) is 10.3 Å². The summed E-state index contributed by atoms with van der Waals surface area (Å²) in [6.07, 6.45) is 3.29. The number of hydrogen-bond acceptors (Lipinski definition) is 3. The van der Waals surface area contributed by atoms with Crippen LogP contribution in [0.3, 0.4) is 0 Å². The fourth-order valence-electron chi connectivity index (χ4n) is 1.73. The van der Waals surface area contributed by atoms with Crippen LogP contribution in [0.2, 0.25) is 0 Å².